The summed E-state index contributed by atoms with van der Waals surface area (Å²) in [5.74, 6) is 1.04. The maximum atomic E-state index is 12.7. The van der Waals surface area contributed by atoms with E-state index in [-0.39, 0.29) is 5.78 Å². The van der Waals surface area contributed by atoms with Crippen molar-refractivity contribution in [1.29, 1.82) is 0 Å². The summed E-state index contributed by atoms with van der Waals surface area (Å²) in [5, 5.41) is 1.94. The van der Waals surface area contributed by atoms with Gasteiger partial charge in [-0.15, -0.1) is 11.3 Å². The molecular formula is C15H16O3S. The number of thiophene rings is 1. The molecule has 0 N–H and O–H groups in total. The van der Waals surface area contributed by atoms with Crippen LogP contribution in [0.15, 0.2) is 29.6 Å². The molecule has 0 bridgehead atoms. The van der Waals surface area contributed by atoms with Gasteiger partial charge in [0.25, 0.3) is 0 Å². The van der Waals surface area contributed by atoms with Crippen LogP contribution in [0.1, 0.15) is 27.7 Å². The van der Waals surface area contributed by atoms with E-state index in [0.29, 0.717) is 17.1 Å². The van der Waals surface area contributed by atoms with Crippen LogP contribution >= 0.6 is 11.3 Å². The van der Waals surface area contributed by atoms with Gasteiger partial charge < -0.3 is 9.47 Å². The first-order chi connectivity index (χ1) is 9.22. The molecule has 100 valence electrons. The van der Waals surface area contributed by atoms with E-state index in [4.69, 9.17) is 9.47 Å². The van der Waals surface area contributed by atoms with Gasteiger partial charge in [0, 0.05) is 0 Å². The van der Waals surface area contributed by atoms with E-state index in [2.05, 4.69) is 0 Å². The summed E-state index contributed by atoms with van der Waals surface area (Å²) in [5.41, 5.74) is 1.55. The number of rotatable bonds is 5. The molecule has 2 rings (SSSR count). The van der Waals surface area contributed by atoms with Crippen LogP contribution in [-0.2, 0) is 6.42 Å². The first kappa shape index (κ1) is 13.6. The lowest BCUT2D eigenvalue weighted by Gasteiger charge is -2.11. The molecule has 0 fully saturated rings. The van der Waals surface area contributed by atoms with Gasteiger partial charge >= 0.3 is 0 Å². The highest BCUT2D eigenvalue weighted by molar-refractivity contribution is 7.12. The largest absolute Gasteiger partial charge is 0.496 e. The molecule has 1 heterocycles. The van der Waals surface area contributed by atoms with E-state index in [0.717, 1.165) is 16.9 Å². The topological polar surface area (TPSA) is 35.5 Å². The summed E-state index contributed by atoms with van der Waals surface area (Å²) >= 11 is 1.45. The molecule has 0 saturated heterocycles. The van der Waals surface area contributed by atoms with Crippen LogP contribution in [0.5, 0.6) is 11.5 Å². The Morgan fingerprint density at radius 1 is 1.16 bits per heavy atom. The first-order valence-electron chi connectivity index (χ1n) is 6.05. The predicted molar refractivity (Wildman–Crippen MR) is 76.7 cm³/mol. The van der Waals surface area contributed by atoms with Crippen LogP contribution in [0, 0.1) is 0 Å². The highest BCUT2D eigenvalue weighted by Gasteiger charge is 2.22. The quantitative estimate of drug-likeness (QED) is 0.783. The van der Waals surface area contributed by atoms with Gasteiger partial charge in [-0.2, -0.15) is 0 Å². The normalized spacial score (nSPS) is 10.3. The van der Waals surface area contributed by atoms with Crippen molar-refractivity contribution in [2.75, 3.05) is 14.2 Å². The fourth-order valence-electron chi connectivity index (χ4n) is 2.00. The molecule has 4 heteroatoms. The summed E-state index contributed by atoms with van der Waals surface area (Å²) in [6, 6.07) is 7.34. The van der Waals surface area contributed by atoms with Crippen LogP contribution in [-0.4, -0.2) is 20.0 Å². The van der Waals surface area contributed by atoms with Gasteiger partial charge in [0.2, 0.25) is 5.78 Å². The third kappa shape index (κ3) is 2.49. The van der Waals surface area contributed by atoms with E-state index in [1.165, 1.54) is 11.3 Å². The highest BCUT2D eigenvalue weighted by Crippen LogP contribution is 2.33. The Morgan fingerprint density at radius 3 is 2.32 bits per heavy atom. The Bertz CT molecular complexity index is 565. The standard InChI is InChI=1S/C15H16O3S/c1-4-10-8-9-19-15(10)14(16)13-11(17-2)6-5-7-12(13)18-3/h5-9H,4H2,1-3H3. The van der Waals surface area contributed by atoms with E-state index in [1.54, 1.807) is 26.4 Å². The minimum Gasteiger partial charge on any atom is -0.496 e. The molecule has 0 aliphatic heterocycles. The van der Waals surface area contributed by atoms with Crippen molar-refractivity contribution < 1.29 is 14.3 Å². The van der Waals surface area contributed by atoms with Crippen LogP contribution in [0.3, 0.4) is 0 Å². The van der Waals surface area contributed by atoms with E-state index in [1.807, 2.05) is 24.4 Å². The third-order valence-corrected chi connectivity index (χ3v) is 3.94. The second-order valence-corrected chi connectivity index (χ2v) is 4.91. The SMILES string of the molecule is CCc1ccsc1C(=O)c1c(OC)cccc1OC. The number of hydrogen-bond acceptors (Lipinski definition) is 4. The van der Waals surface area contributed by atoms with Gasteiger partial charge in [0.05, 0.1) is 19.1 Å². The molecule has 0 spiro atoms. The summed E-state index contributed by atoms with van der Waals surface area (Å²) in [7, 11) is 3.11. The molecule has 0 amide bonds. The maximum absolute atomic E-state index is 12.7. The van der Waals surface area contributed by atoms with Crippen molar-refractivity contribution in [1.82, 2.24) is 0 Å². The highest BCUT2D eigenvalue weighted by atomic mass is 32.1. The number of aryl methyl sites for hydroxylation is 1. The smallest absolute Gasteiger partial charge is 0.210 e. The number of ether oxygens (including phenoxy) is 2. The van der Waals surface area contributed by atoms with E-state index >= 15 is 0 Å². The second-order valence-electron chi connectivity index (χ2n) is 4.00. The number of benzene rings is 1. The summed E-state index contributed by atoms with van der Waals surface area (Å²) in [6.45, 7) is 2.04. The minimum absolute atomic E-state index is 0.0406. The molecule has 0 aliphatic rings. The van der Waals surface area contributed by atoms with E-state index < -0.39 is 0 Å². The summed E-state index contributed by atoms with van der Waals surface area (Å²) in [4.78, 5) is 13.5. The molecule has 0 saturated carbocycles. The summed E-state index contributed by atoms with van der Waals surface area (Å²) in [6.07, 6.45) is 0.835. The Labute approximate surface area is 116 Å². The zero-order valence-corrected chi connectivity index (χ0v) is 12.0. The van der Waals surface area contributed by atoms with E-state index in [9.17, 15) is 4.79 Å². The van der Waals surface area contributed by atoms with Crippen LogP contribution in [0.4, 0.5) is 0 Å². The Kier molecular flexibility index (Phi) is 4.22. The Hall–Kier alpha value is -1.81. The number of carbonyl (C=O) groups is 1. The van der Waals surface area contributed by atoms with Crippen molar-refractivity contribution in [3.63, 3.8) is 0 Å². The van der Waals surface area contributed by atoms with Gasteiger partial charge in [0.1, 0.15) is 17.1 Å². The average molecular weight is 276 g/mol. The van der Waals surface area contributed by atoms with Crippen molar-refractivity contribution in [3.05, 3.63) is 45.6 Å². The number of carbonyl (C=O) groups excluding carboxylic acids is 1. The molecule has 2 aromatic rings. The lowest BCUT2D eigenvalue weighted by atomic mass is 10.0. The zero-order valence-electron chi connectivity index (χ0n) is 11.2. The van der Waals surface area contributed by atoms with Crippen LogP contribution < -0.4 is 9.47 Å². The van der Waals surface area contributed by atoms with Crippen LogP contribution in [0.2, 0.25) is 0 Å². The summed E-state index contributed by atoms with van der Waals surface area (Å²) < 4.78 is 10.6. The minimum atomic E-state index is -0.0406. The molecule has 0 atom stereocenters. The predicted octanol–water partition coefficient (Wildman–Crippen LogP) is 3.56. The molecule has 1 aromatic heterocycles. The van der Waals surface area contributed by atoms with Crippen molar-refractivity contribution in [2.45, 2.75) is 13.3 Å². The number of methoxy groups -OCH3 is 2. The molecule has 0 radical (unpaired) electrons. The number of hydrogen-bond donors (Lipinski definition) is 0. The lowest BCUT2D eigenvalue weighted by molar-refractivity contribution is 0.103. The van der Waals surface area contributed by atoms with Gasteiger partial charge in [-0.05, 0) is 35.6 Å². The molecule has 19 heavy (non-hydrogen) atoms. The number of ketones is 1. The van der Waals surface area contributed by atoms with Gasteiger partial charge in [-0.1, -0.05) is 13.0 Å². The first-order valence-corrected chi connectivity index (χ1v) is 6.93. The maximum Gasteiger partial charge on any atom is 0.210 e. The zero-order chi connectivity index (χ0) is 13.8. The monoisotopic (exact) mass is 276 g/mol. The van der Waals surface area contributed by atoms with Crippen LogP contribution in [0.25, 0.3) is 0 Å². The van der Waals surface area contributed by atoms with Crippen molar-refractivity contribution in [3.8, 4) is 11.5 Å². The van der Waals surface area contributed by atoms with Gasteiger partial charge in [-0.25, -0.2) is 0 Å². The molecule has 3 nitrogen and oxygen atoms in total. The Balaban J connectivity index is 2.55. The van der Waals surface area contributed by atoms with Gasteiger partial charge in [-0.3, -0.25) is 4.79 Å². The molecule has 0 unspecified atom stereocenters. The Morgan fingerprint density at radius 2 is 1.79 bits per heavy atom. The molecule has 0 aliphatic carbocycles. The molecule has 1 aromatic carbocycles. The van der Waals surface area contributed by atoms with Crippen molar-refractivity contribution in [2.24, 2.45) is 0 Å². The van der Waals surface area contributed by atoms with Crippen molar-refractivity contribution >= 4 is 17.1 Å². The second kappa shape index (κ2) is 5.89. The average Bonchev–Trinajstić information content (AvgIpc) is 2.93. The fraction of sp³-hybridized carbons (Fsp3) is 0.267. The third-order valence-electron chi connectivity index (χ3n) is 2.99. The molecular weight excluding hydrogens is 260 g/mol. The lowest BCUT2D eigenvalue weighted by Crippen LogP contribution is -2.06. The van der Waals surface area contributed by atoms with Gasteiger partial charge in [0.15, 0.2) is 0 Å². The fourth-order valence-corrected chi connectivity index (χ4v) is 2.94.